The zero-order chi connectivity index (χ0) is 13.5. The van der Waals surface area contributed by atoms with Gasteiger partial charge in [0.05, 0.1) is 12.8 Å². The fraction of sp³-hybridized carbons (Fsp3) is 0.667. The molecule has 0 spiro atoms. The number of nitrogens with zero attached hydrogens (tertiary/aromatic N) is 1. The largest absolute Gasteiger partial charge is 0.469 e. The van der Waals surface area contributed by atoms with E-state index in [4.69, 9.17) is 4.42 Å². The second-order valence-electron chi connectivity index (χ2n) is 6.90. The van der Waals surface area contributed by atoms with Gasteiger partial charge in [-0.2, -0.15) is 0 Å². The monoisotopic (exact) mass is 389 g/mol. The third-order valence-corrected chi connectivity index (χ3v) is 3.69. The molecule has 2 N–H and O–H groups in total. The van der Waals surface area contributed by atoms with Crippen LogP contribution in [0.3, 0.4) is 0 Å². The van der Waals surface area contributed by atoms with E-state index in [2.05, 4.69) is 42.5 Å². The van der Waals surface area contributed by atoms with Gasteiger partial charge in [0.25, 0.3) is 0 Å². The van der Waals surface area contributed by atoms with Crippen LogP contribution in [0.2, 0.25) is 0 Å². The quantitative estimate of drug-likeness (QED) is 0.782. The van der Waals surface area contributed by atoms with Crippen LogP contribution < -0.4 is 10.6 Å². The molecule has 1 unspecified atom stereocenters. The molecule has 2 aliphatic rings. The van der Waals surface area contributed by atoms with Gasteiger partial charge in [-0.15, -0.1) is 24.0 Å². The van der Waals surface area contributed by atoms with Crippen LogP contribution in [-0.4, -0.2) is 24.6 Å². The lowest BCUT2D eigenvalue weighted by atomic mass is 9.88. The zero-order valence-electron chi connectivity index (χ0n) is 12.3. The van der Waals surface area contributed by atoms with Gasteiger partial charge >= 0.3 is 0 Å². The molecule has 0 aromatic carbocycles. The van der Waals surface area contributed by atoms with E-state index in [0.717, 1.165) is 31.1 Å². The lowest BCUT2D eigenvalue weighted by molar-refractivity contribution is 0.335. The Morgan fingerprint density at radius 2 is 2.25 bits per heavy atom. The summed E-state index contributed by atoms with van der Waals surface area (Å²) in [4.78, 5) is 4.56. The summed E-state index contributed by atoms with van der Waals surface area (Å²) < 4.78 is 5.44. The topological polar surface area (TPSA) is 49.6 Å². The van der Waals surface area contributed by atoms with Gasteiger partial charge in [0.2, 0.25) is 0 Å². The summed E-state index contributed by atoms with van der Waals surface area (Å²) in [6.45, 7) is 7.70. The van der Waals surface area contributed by atoms with Gasteiger partial charge in [0.15, 0.2) is 5.96 Å². The first-order valence-corrected chi connectivity index (χ1v) is 7.12. The Bertz CT molecular complexity index is 464. The van der Waals surface area contributed by atoms with E-state index in [1.54, 1.807) is 6.26 Å². The van der Waals surface area contributed by atoms with Crippen molar-refractivity contribution in [2.75, 3.05) is 6.54 Å². The smallest absolute Gasteiger partial charge is 0.191 e. The maximum Gasteiger partial charge on any atom is 0.191 e. The van der Waals surface area contributed by atoms with E-state index in [1.807, 2.05) is 6.07 Å². The van der Waals surface area contributed by atoms with Crippen molar-refractivity contribution in [2.45, 2.75) is 51.6 Å². The van der Waals surface area contributed by atoms with Crippen molar-refractivity contribution in [1.29, 1.82) is 0 Å². The minimum absolute atomic E-state index is 0. The molecule has 0 radical (unpaired) electrons. The van der Waals surface area contributed by atoms with E-state index in [9.17, 15) is 0 Å². The van der Waals surface area contributed by atoms with Gasteiger partial charge in [-0.1, -0.05) is 20.8 Å². The van der Waals surface area contributed by atoms with Gasteiger partial charge in [-0.05, 0) is 30.4 Å². The van der Waals surface area contributed by atoms with Gasteiger partial charge < -0.3 is 15.1 Å². The van der Waals surface area contributed by atoms with E-state index < -0.39 is 0 Å². The van der Waals surface area contributed by atoms with Gasteiger partial charge in [-0.3, -0.25) is 4.99 Å². The fourth-order valence-electron chi connectivity index (χ4n) is 2.78. The number of nitrogens with one attached hydrogen (secondary N) is 2. The molecule has 0 amide bonds. The molecule has 112 valence electrons. The first-order chi connectivity index (χ1) is 9.01. The maximum absolute atomic E-state index is 5.44. The summed E-state index contributed by atoms with van der Waals surface area (Å²) in [5, 5.41) is 6.98. The third-order valence-electron chi connectivity index (χ3n) is 3.69. The van der Waals surface area contributed by atoms with Crippen LogP contribution in [-0.2, 0) is 0 Å². The van der Waals surface area contributed by atoms with Crippen LogP contribution in [0.5, 0.6) is 0 Å². The summed E-state index contributed by atoms with van der Waals surface area (Å²) in [6.07, 6.45) is 4.03. The molecule has 1 aromatic rings. The van der Waals surface area contributed by atoms with E-state index in [1.165, 1.54) is 0 Å². The predicted octanol–water partition coefficient (Wildman–Crippen LogP) is 3.11. The van der Waals surface area contributed by atoms with Crippen molar-refractivity contribution >= 4 is 29.9 Å². The van der Waals surface area contributed by atoms with Crippen LogP contribution in [0, 0.1) is 5.41 Å². The standard InChI is InChI=1S/C15H23N3O.HI/c1-15(2,3)8-10-9-16-14(17-10)18-12-7-11(12)13-5-4-6-19-13;/h4-6,10-12H,7-9H2,1-3H3,(H2,16,17,18);1H/t10?,11-,12-;/m1./s1. The lowest BCUT2D eigenvalue weighted by Gasteiger charge is -2.23. The van der Waals surface area contributed by atoms with Crippen LogP contribution in [0.25, 0.3) is 0 Å². The first-order valence-electron chi connectivity index (χ1n) is 7.12. The van der Waals surface area contributed by atoms with Gasteiger partial charge in [0.1, 0.15) is 5.76 Å². The molecule has 3 atom stereocenters. The normalized spacial score (nSPS) is 28.4. The molecule has 0 saturated heterocycles. The highest BCUT2D eigenvalue weighted by Crippen LogP contribution is 2.40. The van der Waals surface area contributed by atoms with Crippen LogP contribution in [0.1, 0.15) is 45.3 Å². The Morgan fingerprint density at radius 3 is 2.90 bits per heavy atom. The van der Waals surface area contributed by atoms with E-state index in [-0.39, 0.29) is 24.0 Å². The average molecular weight is 389 g/mol. The molecule has 4 nitrogen and oxygen atoms in total. The highest BCUT2D eigenvalue weighted by molar-refractivity contribution is 14.0. The number of aliphatic imine (C=N–C) groups is 1. The molecule has 0 bridgehead atoms. The van der Waals surface area contributed by atoms with E-state index >= 15 is 0 Å². The van der Waals surface area contributed by atoms with Crippen LogP contribution in [0.15, 0.2) is 27.8 Å². The second-order valence-corrected chi connectivity index (χ2v) is 6.90. The van der Waals surface area contributed by atoms with Crippen LogP contribution >= 0.6 is 24.0 Å². The highest BCUT2D eigenvalue weighted by Gasteiger charge is 2.41. The van der Waals surface area contributed by atoms with Gasteiger partial charge in [-0.25, -0.2) is 0 Å². The number of halogens is 1. The minimum atomic E-state index is 0. The third kappa shape index (κ3) is 3.90. The van der Waals surface area contributed by atoms with Crippen molar-refractivity contribution < 1.29 is 4.42 Å². The molecule has 1 aromatic heterocycles. The number of hydrogen-bond donors (Lipinski definition) is 2. The summed E-state index contributed by atoms with van der Waals surface area (Å²) >= 11 is 0. The Hall–Kier alpha value is -0.720. The molecule has 5 heteroatoms. The lowest BCUT2D eigenvalue weighted by Crippen LogP contribution is -2.41. The first kappa shape index (κ1) is 15.7. The van der Waals surface area contributed by atoms with Crippen molar-refractivity contribution in [1.82, 2.24) is 10.6 Å². The Morgan fingerprint density at radius 1 is 1.45 bits per heavy atom. The number of hydrogen-bond acceptors (Lipinski definition) is 4. The molecular formula is C15H24IN3O. The van der Waals surface area contributed by atoms with Crippen LogP contribution in [0.4, 0.5) is 0 Å². The number of furan rings is 1. The zero-order valence-corrected chi connectivity index (χ0v) is 14.7. The average Bonchev–Trinajstić information content (AvgIpc) is 2.77. The second kappa shape index (κ2) is 5.95. The molecule has 1 fully saturated rings. The summed E-state index contributed by atoms with van der Waals surface area (Å²) in [6, 6.07) is 4.96. The maximum atomic E-state index is 5.44. The van der Waals surface area contributed by atoms with Crippen molar-refractivity contribution in [3.05, 3.63) is 24.2 Å². The molecular weight excluding hydrogens is 365 g/mol. The molecule has 3 rings (SSSR count). The SMILES string of the molecule is CC(C)(C)CC1CN=C(N[C@@H]2C[C@H]2c2ccco2)N1.I. The van der Waals surface area contributed by atoms with E-state index in [0.29, 0.717) is 23.4 Å². The number of rotatable bonds is 3. The highest BCUT2D eigenvalue weighted by atomic mass is 127. The summed E-state index contributed by atoms with van der Waals surface area (Å²) in [7, 11) is 0. The van der Waals surface area contributed by atoms with Crippen molar-refractivity contribution in [2.24, 2.45) is 10.4 Å². The van der Waals surface area contributed by atoms with Gasteiger partial charge in [0, 0.05) is 18.0 Å². The van der Waals surface area contributed by atoms with Crippen molar-refractivity contribution in [3.8, 4) is 0 Å². The minimum Gasteiger partial charge on any atom is -0.469 e. The van der Waals surface area contributed by atoms with Crippen molar-refractivity contribution in [3.63, 3.8) is 0 Å². The molecule has 1 aliphatic heterocycles. The Balaban J connectivity index is 0.00000147. The fourth-order valence-corrected chi connectivity index (χ4v) is 2.78. The molecule has 20 heavy (non-hydrogen) atoms. The summed E-state index contributed by atoms with van der Waals surface area (Å²) in [5.74, 6) is 2.57. The molecule has 2 heterocycles. The number of guanidine groups is 1. The Labute approximate surface area is 137 Å². The molecule has 1 saturated carbocycles. The molecule has 1 aliphatic carbocycles. The predicted molar refractivity (Wildman–Crippen MR) is 91.7 cm³/mol. The Kier molecular flexibility index (Phi) is 4.66. The summed E-state index contributed by atoms with van der Waals surface area (Å²) in [5.41, 5.74) is 0.346.